The van der Waals surface area contributed by atoms with Gasteiger partial charge in [0, 0.05) is 10.7 Å². The number of aromatic nitrogens is 2. The van der Waals surface area contributed by atoms with Crippen molar-refractivity contribution in [2.24, 2.45) is 0 Å². The van der Waals surface area contributed by atoms with E-state index < -0.39 is 23.3 Å². The van der Waals surface area contributed by atoms with E-state index in [1.807, 2.05) is 30.3 Å². The number of carboxylic acids is 1. The number of para-hydroxylation sites is 1. The molecule has 0 spiro atoms. The van der Waals surface area contributed by atoms with E-state index in [1.165, 1.54) is 34.7 Å². The minimum absolute atomic E-state index is 0.0143. The smallest absolute Gasteiger partial charge is 0.353 e. The highest BCUT2D eigenvalue weighted by atomic mass is 32.2. The van der Waals surface area contributed by atoms with Gasteiger partial charge in [-0.25, -0.2) is 9.48 Å². The Morgan fingerprint density at radius 3 is 2.76 bits per heavy atom. The number of fused-ring (bicyclic) bond motifs is 1. The molecule has 0 unspecified atom stereocenters. The lowest BCUT2D eigenvalue weighted by molar-refractivity contribution is -0.150. The number of hydrogen-bond acceptors (Lipinski definition) is 7. The Kier molecular flexibility index (Phi) is 5.73. The number of benzene rings is 1. The van der Waals surface area contributed by atoms with Crippen LogP contribution in [-0.4, -0.2) is 54.7 Å². The van der Waals surface area contributed by atoms with E-state index in [2.05, 4.69) is 10.4 Å². The van der Waals surface area contributed by atoms with Gasteiger partial charge in [0.15, 0.2) is 0 Å². The Balaban J connectivity index is 1.35. The monoisotopic (exact) mass is 482 g/mol. The summed E-state index contributed by atoms with van der Waals surface area (Å²) in [6.45, 7) is 0. The van der Waals surface area contributed by atoms with Crippen molar-refractivity contribution in [2.45, 2.75) is 22.9 Å². The van der Waals surface area contributed by atoms with Crippen molar-refractivity contribution >= 4 is 41.3 Å². The first-order valence-electron chi connectivity index (χ1n) is 10.0. The fourth-order valence-electron chi connectivity index (χ4n) is 3.72. The SMILES string of the molecule is O=C(Cc1ccco1)N[C@@H]1C(=O)N2C(C(=O)O)=C(Sc3ccnn3-c3ccccc3)CS[C@H]12. The third-order valence-electron chi connectivity index (χ3n) is 5.20. The predicted molar refractivity (Wildman–Crippen MR) is 122 cm³/mol. The zero-order valence-corrected chi connectivity index (χ0v) is 18.7. The highest BCUT2D eigenvalue weighted by Gasteiger charge is 2.54. The Labute approximate surface area is 196 Å². The maximum absolute atomic E-state index is 12.8. The summed E-state index contributed by atoms with van der Waals surface area (Å²) < 4.78 is 6.89. The first-order chi connectivity index (χ1) is 16.0. The van der Waals surface area contributed by atoms with E-state index >= 15 is 0 Å². The van der Waals surface area contributed by atoms with Crippen LogP contribution in [0.4, 0.5) is 0 Å². The van der Waals surface area contributed by atoms with E-state index in [-0.39, 0.29) is 18.0 Å². The number of furan rings is 1. The molecule has 168 valence electrons. The summed E-state index contributed by atoms with van der Waals surface area (Å²) in [5.74, 6) is -1.08. The highest BCUT2D eigenvalue weighted by Crippen LogP contribution is 2.45. The molecule has 2 aromatic heterocycles. The van der Waals surface area contributed by atoms with Crippen LogP contribution in [0, 0.1) is 0 Å². The molecule has 1 saturated heterocycles. The highest BCUT2D eigenvalue weighted by molar-refractivity contribution is 8.06. The molecule has 2 aliphatic heterocycles. The van der Waals surface area contributed by atoms with Gasteiger partial charge < -0.3 is 14.8 Å². The molecule has 2 N–H and O–H groups in total. The Morgan fingerprint density at radius 2 is 2.03 bits per heavy atom. The molecule has 33 heavy (non-hydrogen) atoms. The summed E-state index contributed by atoms with van der Waals surface area (Å²) in [6, 6.07) is 13.9. The molecule has 4 heterocycles. The number of thioether (sulfide) groups is 2. The molecule has 1 fully saturated rings. The zero-order valence-electron chi connectivity index (χ0n) is 17.1. The largest absolute Gasteiger partial charge is 0.477 e. The summed E-state index contributed by atoms with van der Waals surface area (Å²) >= 11 is 2.70. The number of nitrogens with zero attached hydrogens (tertiary/aromatic N) is 3. The van der Waals surface area contributed by atoms with Crippen molar-refractivity contribution < 1.29 is 23.9 Å². The average molecular weight is 483 g/mol. The quantitative estimate of drug-likeness (QED) is 0.493. The third-order valence-corrected chi connectivity index (χ3v) is 7.77. The van der Waals surface area contributed by atoms with E-state index in [0.717, 1.165) is 10.7 Å². The number of β-lactam (4-membered cyclic amide) rings is 1. The van der Waals surface area contributed by atoms with E-state index in [9.17, 15) is 19.5 Å². The Hall–Kier alpha value is -3.44. The van der Waals surface area contributed by atoms with Crippen LogP contribution in [0.5, 0.6) is 0 Å². The number of amides is 2. The molecule has 0 aliphatic carbocycles. The van der Waals surface area contributed by atoms with Crippen molar-refractivity contribution in [3.63, 3.8) is 0 Å². The second kappa shape index (κ2) is 8.83. The molecule has 9 nitrogen and oxygen atoms in total. The molecular formula is C22H18N4O5S2. The van der Waals surface area contributed by atoms with Crippen LogP contribution >= 0.6 is 23.5 Å². The number of carboxylic acid groups (broad SMARTS) is 1. The van der Waals surface area contributed by atoms with Gasteiger partial charge in [0.1, 0.15) is 27.9 Å². The summed E-state index contributed by atoms with van der Waals surface area (Å²) in [6.07, 6.45) is 3.14. The summed E-state index contributed by atoms with van der Waals surface area (Å²) in [5, 5.41) is 17.2. The van der Waals surface area contributed by atoms with Crippen LogP contribution in [0.2, 0.25) is 0 Å². The van der Waals surface area contributed by atoms with E-state index in [4.69, 9.17) is 4.42 Å². The topological polar surface area (TPSA) is 118 Å². The molecule has 11 heteroatoms. The second-order valence-corrected chi connectivity index (χ2v) is 9.53. The van der Waals surface area contributed by atoms with Gasteiger partial charge in [0.2, 0.25) is 5.91 Å². The minimum atomic E-state index is -1.18. The third kappa shape index (κ3) is 4.05. The number of carbonyl (C=O) groups is 3. The van der Waals surface area contributed by atoms with Crippen LogP contribution < -0.4 is 5.32 Å². The number of rotatable bonds is 7. The van der Waals surface area contributed by atoms with Gasteiger partial charge in [0.05, 0.1) is 24.6 Å². The standard InChI is InChI=1S/C22H18N4O5S2/c27-16(11-14-7-4-10-31-14)24-18-20(28)25-19(22(29)30)15(12-32-21(18)25)33-17-8-9-23-26(17)13-5-2-1-3-6-13/h1-10,18,21H,11-12H2,(H,24,27)(H,29,30)/t18-,21-/m1/s1. The minimum Gasteiger partial charge on any atom is -0.477 e. The Morgan fingerprint density at radius 1 is 1.21 bits per heavy atom. The van der Waals surface area contributed by atoms with Gasteiger partial charge in [-0.1, -0.05) is 30.0 Å². The van der Waals surface area contributed by atoms with Gasteiger partial charge in [-0.2, -0.15) is 5.10 Å². The Bertz CT molecular complexity index is 1240. The van der Waals surface area contributed by atoms with Gasteiger partial charge in [-0.15, -0.1) is 11.8 Å². The molecule has 1 aromatic carbocycles. The molecule has 2 amide bonds. The van der Waals surface area contributed by atoms with Crippen LogP contribution in [-0.2, 0) is 20.8 Å². The van der Waals surface area contributed by atoms with Crippen molar-refractivity contribution in [1.29, 1.82) is 0 Å². The normalized spacial score (nSPS) is 19.8. The van der Waals surface area contributed by atoms with Crippen molar-refractivity contribution in [3.05, 3.63) is 77.4 Å². The summed E-state index contributed by atoms with van der Waals surface area (Å²) in [4.78, 5) is 39.1. The maximum atomic E-state index is 12.8. The van der Waals surface area contributed by atoms with Gasteiger partial charge in [-0.05, 0) is 30.3 Å². The van der Waals surface area contributed by atoms with Crippen molar-refractivity contribution in [2.75, 3.05) is 5.75 Å². The van der Waals surface area contributed by atoms with E-state index in [0.29, 0.717) is 16.4 Å². The lowest BCUT2D eigenvalue weighted by atomic mass is 10.0. The summed E-state index contributed by atoms with van der Waals surface area (Å²) in [7, 11) is 0. The van der Waals surface area contributed by atoms with Crippen molar-refractivity contribution in [3.8, 4) is 5.69 Å². The first-order valence-corrected chi connectivity index (χ1v) is 11.9. The zero-order chi connectivity index (χ0) is 22.9. The molecule has 0 saturated carbocycles. The van der Waals surface area contributed by atoms with Crippen LogP contribution in [0.25, 0.3) is 5.69 Å². The molecular weight excluding hydrogens is 464 g/mol. The van der Waals surface area contributed by atoms with Gasteiger partial charge >= 0.3 is 5.97 Å². The van der Waals surface area contributed by atoms with Crippen LogP contribution in [0.15, 0.2) is 81.0 Å². The molecule has 2 aliphatic rings. The first kappa shape index (κ1) is 21.4. The number of nitrogens with one attached hydrogen (secondary N) is 1. The maximum Gasteiger partial charge on any atom is 0.353 e. The van der Waals surface area contributed by atoms with Crippen LogP contribution in [0.1, 0.15) is 5.76 Å². The predicted octanol–water partition coefficient (Wildman–Crippen LogP) is 2.50. The molecule has 0 radical (unpaired) electrons. The number of aliphatic carboxylic acids is 1. The lowest BCUT2D eigenvalue weighted by Gasteiger charge is -2.49. The summed E-state index contributed by atoms with van der Waals surface area (Å²) in [5.41, 5.74) is 0.800. The number of carbonyl (C=O) groups excluding carboxylic acids is 2. The van der Waals surface area contributed by atoms with Gasteiger partial charge in [0.25, 0.3) is 5.91 Å². The number of hydrogen-bond donors (Lipinski definition) is 2. The fraction of sp³-hybridized carbons (Fsp3) is 0.182. The molecule has 3 aromatic rings. The van der Waals surface area contributed by atoms with E-state index in [1.54, 1.807) is 29.1 Å². The molecule has 5 rings (SSSR count). The van der Waals surface area contributed by atoms with Crippen LogP contribution in [0.3, 0.4) is 0 Å². The molecule has 2 atom stereocenters. The fourth-order valence-corrected chi connectivity index (χ4v) is 6.26. The molecule has 0 bridgehead atoms. The van der Waals surface area contributed by atoms with Gasteiger partial charge in [-0.3, -0.25) is 14.5 Å². The van der Waals surface area contributed by atoms with Crippen molar-refractivity contribution in [1.82, 2.24) is 20.0 Å². The second-order valence-electron chi connectivity index (χ2n) is 7.31. The lowest BCUT2D eigenvalue weighted by Crippen LogP contribution is -2.70. The average Bonchev–Trinajstić information content (AvgIpc) is 3.49.